The molecule has 0 saturated heterocycles. The van der Waals surface area contributed by atoms with Gasteiger partial charge in [0.2, 0.25) is 0 Å². The van der Waals surface area contributed by atoms with E-state index in [0.29, 0.717) is 5.70 Å². The first-order valence-electron chi connectivity index (χ1n) is 3.04. The quantitative estimate of drug-likeness (QED) is 0.311. The van der Waals surface area contributed by atoms with Crippen LogP contribution in [0.25, 0.3) is 0 Å². The summed E-state index contributed by atoms with van der Waals surface area (Å²) in [4.78, 5) is 3.96. The van der Waals surface area contributed by atoms with Crippen molar-refractivity contribution in [3.05, 3.63) is 23.9 Å². The summed E-state index contributed by atoms with van der Waals surface area (Å²) < 4.78 is 0. The number of hydrogen-bond acceptors (Lipinski definition) is 1. The van der Waals surface area contributed by atoms with Crippen LogP contribution in [0.5, 0.6) is 0 Å². The van der Waals surface area contributed by atoms with E-state index in [1.165, 1.54) is 0 Å². The molecule has 0 amide bonds. The summed E-state index contributed by atoms with van der Waals surface area (Å²) in [6, 6.07) is 0. The normalized spacial score (nSPS) is 12.5. The van der Waals surface area contributed by atoms with Crippen LogP contribution in [0.2, 0.25) is 0 Å². The molecule has 0 saturated carbocycles. The molecule has 0 aromatic heterocycles. The Labute approximate surface area is 62.2 Å². The van der Waals surface area contributed by atoms with E-state index in [-0.39, 0.29) is 0 Å². The molecule has 52 valence electrons. The fourth-order valence-corrected chi connectivity index (χ4v) is 0.479. The van der Waals surface area contributed by atoms with E-state index in [9.17, 15) is 0 Å². The fraction of sp³-hybridized carbons (Fsp3) is 0.222. The van der Waals surface area contributed by atoms with E-state index < -0.39 is 0 Å². The Bertz CT molecular complexity index is 213. The summed E-state index contributed by atoms with van der Waals surface area (Å²) in [6.07, 6.45) is 8.53. The lowest BCUT2D eigenvalue weighted by atomic mass is 10.2. The van der Waals surface area contributed by atoms with Gasteiger partial charge in [0.15, 0.2) is 0 Å². The summed E-state index contributed by atoms with van der Waals surface area (Å²) in [5, 5.41) is 0. The number of rotatable bonds is 2. The van der Waals surface area contributed by atoms with E-state index in [4.69, 9.17) is 6.42 Å². The molecule has 0 aliphatic heterocycles. The number of hydrogen-bond donors (Lipinski definition) is 0. The molecule has 0 spiro atoms. The third-order valence-corrected chi connectivity index (χ3v) is 1.07. The molecule has 0 aliphatic rings. The summed E-state index contributed by atoms with van der Waals surface area (Å²) >= 11 is 0. The number of nitrogens with zero attached hydrogens (tertiary/aromatic N) is 1. The zero-order valence-electron chi connectivity index (χ0n) is 6.39. The van der Waals surface area contributed by atoms with Crippen LogP contribution in [0.3, 0.4) is 0 Å². The van der Waals surface area contributed by atoms with Gasteiger partial charge in [-0.2, -0.15) is 0 Å². The van der Waals surface area contributed by atoms with E-state index in [0.717, 1.165) is 5.57 Å². The average molecular weight is 133 g/mol. The lowest BCUT2D eigenvalue weighted by molar-refractivity contribution is 1.35. The molecule has 1 nitrogen and oxygen atoms in total. The molecule has 0 aliphatic carbocycles. The van der Waals surface area contributed by atoms with E-state index >= 15 is 0 Å². The van der Waals surface area contributed by atoms with Gasteiger partial charge in [0.05, 0.1) is 0 Å². The van der Waals surface area contributed by atoms with Crippen LogP contribution in [0.4, 0.5) is 0 Å². The molecule has 0 aromatic rings. The first kappa shape index (κ1) is 8.71. The van der Waals surface area contributed by atoms with E-state index in [1.807, 2.05) is 13.8 Å². The summed E-state index contributed by atoms with van der Waals surface area (Å²) in [5.74, 6) is 2.46. The number of allylic oxidation sites excluding steroid dienone is 3. The Balaban J connectivity index is 4.66. The molecule has 0 aromatic carbocycles. The maximum Gasteiger partial charge on any atom is 0.115 e. The monoisotopic (exact) mass is 133 g/mol. The van der Waals surface area contributed by atoms with E-state index in [2.05, 4.69) is 17.5 Å². The zero-order chi connectivity index (χ0) is 7.98. The highest BCUT2D eigenvalue weighted by atomic mass is 14.7. The number of aliphatic imine (C=N–C) groups is 1. The first-order valence-corrected chi connectivity index (χ1v) is 3.04. The van der Waals surface area contributed by atoms with Gasteiger partial charge in [-0.05, 0) is 19.4 Å². The van der Waals surface area contributed by atoms with Crippen molar-refractivity contribution in [3.63, 3.8) is 0 Å². The molecule has 0 rings (SSSR count). The molecule has 0 heterocycles. The average Bonchev–Trinajstić information content (AvgIpc) is 1.99. The van der Waals surface area contributed by atoms with Gasteiger partial charge in [0.1, 0.15) is 5.70 Å². The Kier molecular flexibility index (Phi) is 3.99. The van der Waals surface area contributed by atoms with Crippen molar-refractivity contribution in [2.45, 2.75) is 13.8 Å². The van der Waals surface area contributed by atoms with Crippen molar-refractivity contribution in [3.8, 4) is 12.3 Å². The topological polar surface area (TPSA) is 12.4 Å². The van der Waals surface area contributed by atoms with Crippen LogP contribution in [0.15, 0.2) is 28.9 Å². The smallest absolute Gasteiger partial charge is 0.115 e. The molecule has 0 atom stereocenters. The minimum atomic E-state index is 0.650. The lowest BCUT2D eigenvalue weighted by Gasteiger charge is -1.92. The highest BCUT2D eigenvalue weighted by Crippen LogP contribution is 2.03. The molecular formula is C9H11N. The van der Waals surface area contributed by atoms with Gasteiger partial charge in [-0.25, -0.2) is 0 Å². The molecule has 0 fully saturated rings. The maximum absolute atomic E-state index is 5.17. The van der Waals surface area contributed by atoms with Crippen LogP contribution in [-0.2, 0) is 0 Å². The predicted octanol–water partition coefficient (Wildman–Crippen LogP) is 2.17. The molecule has 0 N–H and O–H groups in total. The highest BCUT2D eigenvalue weighted by Gasteiger charge is 1.89. The zero-order valence-corrected chi connectivity index (χ0v) is 6.39. The van der Waals surface area contributed by atoms with Crippen LogP contribution < -0.4 is 0 Å². The minimum Gasteiger partial charge on any atom is -0.252 e. The Morgan fingerprint density at radius 3 is 2.60 bits per heavy atom. The summed E-state index contributed by atoms with van der Waals surface area (Å²) in [5.41, 5.74) is 1.58. The van der Waals surface area contributed by atoms with Crippen LogP contribution in [-0.4, -0.2) is 6.21 Å². The Hall–Kier alpha value is -1.29. The van der Waals surface area contributed by atoms with Crippen LogP contribution >= 0.6 is 0 Å². The third-order valence-electron chi connectivity index (χ3n) is 1.07. The number of terminal acetylenes is 1. The van der Waals surface area contributed by atoms with Gasteiger partial charge in [0, 0.05) is 6.21 Å². The molecule has 0 unspecified atom stereocenters. The molecule has 1 heteroatoms. The van der Waals surface area contributed by atoms with Crippen molar-refractivity contribution < 1.29 is 0 Å². The second kappa shape index (κ2) is 4.58. The summed E-state index contributed by atoms with van der Waals surface area (Å²) in [6.45, 7) is 7.30. The van der Waals surface area contributed by atoms with Gasteiger partial charge in [-0.15, -0.1) is 6.42 Å². The lowest BCUT2D eigenvalue weighted by Crippen LogP contribution is -1.78. The minimum absolute atomic E-state index is 0.650. The van der Waals surface area contributed by atoms with Crippen molar-refractivity contribution in [2.24, 2.45) is 4.99 Å². The van der Waals surface area contributed by atoms with Crippen LogP contribution in [0.1, 0.15) is 13.8 Å². The van der Waals surface area contributed by atoms with Gasteiger partial charge < -0.3 is 0 Å². The maximum atomic E-state index is 5.17. The van der Waals surface area contributed by atoms with Gasteiger partial charge in [0.25, 0.3) is 0 Å². The Morgan fingerprint density at radius 2 is 2.30 bits per heavy atom. The Morgan fingerprint density at radius 1 is 1.70 bits per heavy atom. The highest BCUT2D eigenvalue weighted by molar-refractivity contribution is 5.57. The van der Waals surface area contributed by atoms with Gasteiger partial charge in [-0.1, -0.05) is 18.6 Å². The molecule has 0 radical (unpaired) electrons. The third kappa shape index (κ3) is 2.32. The summed E-state index contributed by atoms with van der Waals surface area (Å²) in [7, 11) is 0. The molecular weight excluding hydrogens is 122 g/mol. The largest absolute Gasteiger partial charge is 0.252 e. The van der Waals surface area contributed by atoms with Gasteiger partial charge in [-0.3, -0.25) is 4.99 Å². The standard InChI is InChI=1S/C9H11N/c1-5-8(4)9(6-2)10-7-3/h2,5,7H,1H2,3-4H3/b9-8-,10-7-. The van der Waals surface area contributed by atoms with Gasteiger partial charge >= 0.3 is 0 Å². The first-order chi connectivity index (χ1) is 4.76. The van der Waals surface area contributed by atoms with E-state index in [1.54, 1.807) is 12.3 Å². The van der Waals surface area contributed by atoms with Crippen LogP contribution in [0, 0.1) is 12.3 Å². The van der Waals surface area contributed by atoms with Crippen molar-refractivity contribution in [1.29, 1.82) is 0 Å². The molecule has 10 heavy (non-hydrogen) atoms. The van der Waals surface area contributed by atoms with Crippen molar-refractivity contribution >= 4 is 6.21 Å². The second-order valence-corrected chi connectivity index (χ2v) is 1.77. The van der Waals surface area contributed by atoms with Crippen molar-refractivity contribution in [2.75, 3.05) is 0 Å². The predicted molar refractivity (Wildman–Crippen MR) is 45.9 cm³/mol. The SMILES string of the molecule is C#CC(/N=C\C)=C(\C)C=C. The second-order valence-electron chi connectivity index (χ2n) is 1.77. The molecule has 0 bridgehead atoms. The van der Waals surface area contributed by atoms with Crippen molar-refractivity contribution in [1.82, 2.24) is 0 Å². The fourth-order valence-electron chi connectivity index (χ4n) is 0.479.